The minimum absolute atomic E-state index is 0.0795. The molecule has 0 aromatic carbocycles. The molecule has 1 rings (SSSR count). The van der Waals surface area contributed by atoms with Crippen molar-refractivity contribution in [2.75, 3.05) is 13.1 Å². The summed E-state index contributed by atoms with van der Waals surface area (Å²) in [6.45, 7) is 8.84. The van der Waals surface area contributed by atoms with E-state index < -0.39 is 35.9 Å². The molecule has 1 saturated heterocycles. The summed E-state index contributed by atoms with van der Waals surface area (Å²) in [6, 6.07) is -3.04. The molecule has 1 aliphatic rings. The van der Waals surface area contributed by atoms with Crippen molar-refractivity contribution in [3.8, 4) is 0 Å². The Bertz CT molecular complexity index is 649. The minimum Gasteiger partial charge on any atom is -0.480 e. The summed E-state index contributed by atoms with van der Waals surface area (Å²) >= 11 is 0. The molecule has 1 aliphatic heterocycles. The van der Waals surface area contributed by atoms with Gasteiger partial charge < -0.3 is 32.1 Å². The molecule has 4 atom stereocenters. The van der Waals surface area contributed by atoms with Crippen LogP contribution >= 0.6 is 0 Å². The molecule has 33 heavy (non-hydrogen) atoms. The highest BCUT2D eigenvalue weighted by Gasteiger charge is 2.31. The molecule has 7 N–H and O–H groups in total. The van der Waals surface area contributed by atoms with Gasteiger partial charge >= 0.3 is 5.97 Å². The van der Waals surface area contributed by atoms with Crippen LogP contribution in [-0.4, -0.2) is 66.1 Å². The molecule has 0 aliphatic carbocycles. The molecule has 0 spiro atoms. The highest BCUT2D eigenvalue weighted by Crippen LogP contribution is 2.11. The van der Waals surface area contributed by atoms with Gasteiger partial charge in [0.2, 0.25) is 17.7 Å². The van der Waals surface area contributed by atoms with Crippen LogP contribution < -0.4 is 27.0 Å². The van der Waals surface area contributed by atoms with Crippen molar-refractivity contribution >= 4 is 23.7 Å². The summed E-state index contributed by atoms with van der Waals surface area (Å²) in [7, 11) is 0. The van der Waals surface area contributed by atoms with Crippen molar-refractivity contribution in [3.63, 3.8) is 0 Å². The number of carboxylic acid groups (broad SMARTS) is 1. The highest BCUT2D eigenvalue weighted by atomic mass is 16.4. The Hall–Kier alpha value is -2.20. The van der Waals surface area contributed by atoms with Crippen LogP contribution in [0.25, 0.3) is 0 Å². The Morgan fingerprint density at radius 3 is 2.00 bits per heavy atom. The second-order valence-corrected chi connectivity index (χ2v) is 9.71. The lowest BCUT2D eigenvalue weighted by atomic mass is 9.99. The van der Waals surface area contributed by atoms with E-state index >= 15 is 0 Å². The number of hydrogen-bond donors (Lipinski definition) is 6. The molecule has 4 unspecified atom stereocenters. The number of rotatable bonds is 15. The van der Waals surface area contributed by atoms with E-state index in [1.54, 1.807) is 0 Å². The van der Waals surface area contributed by atoms with E-state index in [1.807, 2.05) is 27.7 Å². The van der Waals surface area contributed by atoms with Gasteiger partial charge in [-0.3, -0.25) is 14.4 Å². The van der Waals surface area contributed by atoms with Crippen molar-refractivity contribution in [3.05, 3.63) is 0 Å². The van der Waals surface area contributed by atoms with Crippen molar-refractivity contribution in [1.29, 1.82) is 0 Å². The third-order valence-corrected chi connectivity index (χ3v) is 5.62. The summed E-state index contributed by atoms with van der Waals surface area (Å²) in [4.78, 5) is 50.2. The average Bonchev–Trinajstić information content (AvgIpc) is 3.26. The third-order valence-electron chi connectivity index (χ3n) is 5.62. The van der Waals surface area contributed by atoms with Gasteiger partial charge in [0.25, 0.3) is 0 Å². The smallest absolute Gasteiger partial charge is 0.326 e. The standard InChI is InChI=1S/C23H43N5O5/c1-14(2)12-18(22(31)28-19(23(32)33)13-15(3)4)27-21(30)17(8-5-6-10-24)26-20(29)16-9-7-11-25-16/h14-19,25H,5-13,24H2,1-4H3,(H,26,29)(H,27,30)(H,28,31)(H,32,33). The van der Waals surface area contributed by atoms with Crippen LogP contribution in [0.2, 0.25) is 0 Å². The topological polar surface area (TPSA) is 163 Å². The van der Waals surface area contributed by atoms with E-state index in [4.69, 9.17) is 5.73 Å². The molecule has 190 valence electrons. The predicted molar refractivity (Wildman–Crippen MR) is 126 cm³/mol. The van der Waals surface area contributed by atoms with E-state index in [9.17, 15) is 24.3 Å². The maximum Gasteiger partial charge on any atom is 0.326 e. The zero-order chi connectivity index (χ0) is 25.0. The Morgan fingerprint density at radius 1 is 0.909 bits per heavy atom. The first-order valence-electron chi connectivity index (χ1n) is 12.1. The molecule has 0 radical (unpaired) electrons. The number of aliphatic carboxylic acids is 1. The van der Waals surface area contributed by atoms with Gasteiger partial charge in [-0.25, -0.2) is 4.79 Å². The van der Waals surface area contributed by atoms with Crippen LogP contribution in [-0.2, 0) is 19.2 Å². The molecule has 10 heteroatoms. The van der Waals surface area contributed by atoms with Gasteiger partial charge in [-0.1, -0.05) is 27.7 Å². The molecule has 0 bridgehead atoms. The largest absolute Gasteiger partial charge is 0.480 e. The van der Waals surface area contributed by atoms with Crippen LogP contribution in [0.1, 0.15) is 72.6 Å². The van der Waals surface area contributed by atoms with Gasteiger partial charge in [0, 0.05) is 0 Å². The molecule has 1 fully saturated rings. The lowest BCUT2D eigenvalue weighted by Crippen LogP contribution is -2.57. The highest BCUT2D eigenvalue weighted by molar-refractivity contribution is 5.94. The SMILES string of the molecule is CC(C)CC(NC(=O)C(CC(C)C)NC(=O)C(CCCCN)NC(=O)C1CCCN1)C(=O)O. The van der Waals surface area contributed by atoms with E-state index in [0.717, 1.165) is 13.0 Å². The maximum absolute atomic E-state index is 13.1. The Kier molecular flexibility index (Phi) is 13.0. The number of carbonyl (C=O) groups excluding carboxylic acids is 3. The first-order chi connectivity index (χ1) is 15.5. The summed E-state index contributed by atoms with van der Waals surface area (Å²) in [5.74, 6) is -2.15. The second-order valence-electron chi connectivity index (χ2n) is 9.71. The Balaban J connectivity index is 2.90. The van der Waals surface area contributed by atoms with Gasteiger partial charge in [-0.15, -0.1) is 0 Å². The first-order valence-corrected chi connectivity index (χ1v) is 12.1. The second kappa shape index (κ2) is 14.8. The summed E-state index contributed by atoms with van der Waals surface area (Å²) in [6.07, 6.45) is 4.03. The van der Waals surface area contributed by atoms with E-state index in [0.29, 0.717) is 38.6 Å². The van der Waals surface area contributed by atoms with E-state index in [-0.39, 0.29) is 30.2 Å². The zero-order valence-corrected chi connectivity index (χ0v) is 20.5. The van der Waals surface area contributed by atoms with Gasteiger partial charge in [0.1, 0.15) is 18.1 Å². The number of nitrogens with one attached hydrogen (secondary N) is 4. The Labute approximate surface area is 197 Å². The normalized spacial score (nSPS) is 18.6. The molecule has 3 amide bonds. The Morgan fingerprint density at radius 2 is 1.48 bits per heavy atom. The van der Waals surface area contributed by atoms with E-state index in [2.05, 4.69) is 21.3 Å². The lowest BCUT2D eigenvalue weighted by Gasteiger charge is -2.26. The zero-order valence-electron chi connectivity index (χ0n) is 20.5. The number of carbonyl (C=O) groups is 4. The molecule has 10 nitrogen and oxygen atoms in total. The van der Waals surface area contributed by atoms with E-state index in [1.165, 1.54) is 0 Å². The van der Waals surface area contributed by atoms with Crippen LogP contribution in [0.15, 0.2) is 0 Å². The van der Waals surface area contributed by atoms with Gasteiger partial charge in [0.15, 0.2) is 0 Å². The minimum atomic E-state index is -1.11. The first kappa shape index (κ1) is 28.8. The number of unbranched alkanes of at least 4 members (excludes halogenated alkanes) is 1. The van der Waals surface area contributed by atoms with Crippen molar-refractivity contribution in [2.24, 2.45) is 17.6 Å². The maximum atomic E-state index is 13.1. The number of hydrogen-bond acceptors (Lipinski definition) is 6. The monoisotopic (exact) mass is 469 g/mol. The lowest BCUT2D eigenvalue weighted by molar-refractivity contribution is -0.143. The number of amides is 3. The molecule has 1 heterocycles. The average molecular weight is 470 g/mol. The van der Waals surface area contributed by atoms with Gasteiger partial charge in [0.05, 0.1) is 6.04 Å². The number of carboxylic acids is 1. The molecular weight excluding hydrogens is 426 g/mol. The van der Waals surface area contributed by atoms with Crippen molar-refractivity contribution < 1.29 is 24.3 Å². The fourth-order valence-corrected chi connectivity index (χ4v) is 3.88. The van der Waals surface area contributed by atoms with Gasteiger partial charge in [-0.2, -0.15) is 0 Å². The summed E-state index contributed by atoms with van der Waals surface area (Å²) in [5, 5.41) is 20.7. The van der Waals surface area contributed by atoms with Crippen LogP contribution in [0.5, 0.6) is 0 Å². The van der Waals surface area contributed by atoms with Crippen molar-refractivity contribution in [2.45, 2.75) is 96.8 Å². The van der Waals surface area contributed by atoms with Gasteiger partial charge in [-0.05, 0) is 69.9 Å². The summed E-state index contributed by atoms with van der Waals surface area (Å²) in [5.41, 5.74) is 5.57. The predicted octanol–water partition coefficient (Wildman–Crippen LogP) is 0.499. The molecule has 0 aromatic heterocycles. The summed E-state index contributed by atoms with van der Waals surface area (Å²) < 4.78 is 0. The third kappa shape index (κ3) is 11.0. The fraction of sp³-hybridized carbons (Fsp3) is 0.826. The quantitative estimate of drug-likeness (QED) is 0.190. The van der Waals surface area contributed by atoms with Crippen LogP contribution in [0, 0.1) is 11.8 Å². The molecular formula is C23H43N5O5. The molecule has 0 aromatic rings. The van der Waals surface area contributed by atoms with Crippen molar-refractivity contribution in [1.82, 2.24) is 21.3 Å². The van der Waals surface area contributed by atoms with Crippen LogP contribution in [0.3, 0.4) is 0 Å². The fourth-order valence-electron chi connectivity index (χ4n) is 3.88. The number of nitrogens with two attached hydrogens (primary N) is 1. The molecule has 0 saturated carbocycles. The van der Waals surface area contributed by atoms with Crippen LogP contribution in [0.4, 0.5) is 0 Å².